The van der Waals surface area contributed by atoms with Gasteiger partial charge in [0.1, 0.15) is 17.0 Å². The van der Waals surface area contributed by atoms with E-state index in [1.54, 1.807) is 6.33 Å². The van der Waals surface area contributed by atoms with Gasteiger partial charge in [-0.25, -0.2) is 9.97 Å². The Morgan fingerprint density at radius 3 is 2.60 bits per heavy atom. The van der Waals surface area contributed by atoms with Crippen molar-refractivity contribution in [1.29, 1.82) is 0 Å². The van der Waals surface area contributed by atoms with Gasteiger partial charge in [-0.2, -0.15) is 0 Å². The first-order chi connectivity index (χ1) is 17.2. The number of rotatable bonds is 6. The lowest BCUT2D eigenvalue weighted by molar-refractivity contribution is -0.133. The molecule has 1 unspecified atom stereocenters. The van der Waals surface area contributed by atoms with Crippen molar-refractivity contribution in [2.75, 3.05) is 37.6 Å². The number of nitrogens with one attached hydrogen (secondary N) is 1. The molecule has 1 aromatic carbocycles. The average molecular weight is 510 g/mol. The summed E-state index contributed by atoms with van der Waals surface area (Å²) in [5, 5.41) is 5.64. The molecule has 0 radical (unpaired) electrons. The number of thiophene rings is 1. The van der Waals surface area contributed by atoms with E-state index in [0.29, 0.717) is 30.7 Å². The molecule has 1 atom stereocenters. The summed E-state index contributed by atoms with van der Waals surface area (Å²) in [7, 11) is 0. The van der Waals surface area contributed by atoms with E-state index in [-0.39, 0.29) is 11.8 Å². The molecule has 2 aromatic heterocycles. The predicted octanol–water partition coefficient (Wildman–Crippen LogP) is 4.80. The molecular formula is C27H32ClN5OS. The van der Waals surface area contributed by atoms with Crippen LogP contribution in [-0.4, -0.2) is 59.5 Å². The first-order valence-corrected chi connectivity index (χ1v) is 14.1. The van der Waals surface area contributed by atoms with Gasteiger partial charge in [-0.3, -0.25) is 4.79 Å². The van der Waals surface area contributed by atoms with Crippen LogP contribution in [0.2, 0.25) is 5.02 Å². The fraction of sp³-hybridized carbons (Fsp3) is 0.519. The molecule has 0 bridgehead atoms. The first kappa shape index (κ1) is 23.2. The molecule has 1 aliphatic heterocycles. The Bertz CT molecular complexity index is 1200. The highest BCUT2D eigenvalue weighted by molar-refractivity contribution is 7.19. The van der Waals surface area contributed by atoms with Crippen molar-refractivity contribution in [2.24, 2.45) is 0 Å². The van der Waals surface area contributed by atoms with E-state index in [2.05, 4.69) is 15.2 Å². The topological polar surface area (TPSA) is 61.4 Å². The van der Waals surface area contributed by atoms with Crippen molar-refractivity contribution in [3.63, 3.8) is 0 Å². The van der Waals surface area contributed by atoms with Gasteiger partial charge in [-0.1, -0.05) is 36.6 Å². The third-order valence-corrected chi connectivity index (χ3v) is 9.36. The van der Waals surface area contributed by atoms with Crippen LogP contribution >= 0.6 is 22.9 Å². The zero-order valence-corrected chi connectivity index (χ0v) is 21.6. The summed E-state index contributed by atoms with van der Waals surface area (Å²) in [6.45, 7) is 3.70. The molecule has 3 aromatic rings. The normalized spacial score (nSPS) is 19.5. The van der Waals surface area contributed by atoms with Gasteiger partial charge in [0.05, 0.1) is 11.3 Å². The molecule has 184 valence electrons. The molecule has 6 rings (SSSR count). The smallest absolute Gasteiger partial charge is 0.231 e. The SMILES string of the molecule is O=C(C(CNC1CCCC1)c1ccc(Cl)cc1)N1CCN(c2ncnc3sc4c(c23)CCC4)CC1. The van der Waals surface area contributed by atoms with Gasteiger partial charge in [-0.05, 0) is 55.4 Å². The van der Waals surface area contributed by atoms with Crippen molar-refractivity contribution >= 4 is 44.9 Å². The van der Waals surface area contributed by atoms with Gasteiger partial charge in [0, 0.05) is 48.7 Å². The first-order valence-electron chi connectivity index (χ1n) is 12.9. The number of halogens is 1. The number of nitrogens with zero attached hydrogens (tertiary/aromatic N) is 4. The van der Waals surface area contributed by atoms with Crippen LogP contribution in [0.5, 0.6) is 0 Å². The van der Waals surface area contributed by atoms with E-state index in [1.165, 1.54) is 54.4 Å². The summed E-state index contributed by atoms with van der Waals surface area (Å²) in [5.41, 5.74) is 2.50. The number of piperazine rings is 1. The zero-order valence-electron chi connectivity index (χ0n) is 20.0. The van der Waals surface area contributed by atoms with Crippen LogP contribution in [-0.2, 0) is 17.6 Å². The summed E-state index contributed by atoms with van der Waals surface area (Å²) in [6, 6.07) is 8.33. The van der Waals surface area contributed by atoms with Gasteiger partial charge < -0.3 is 15.1 Å². The minimum Gasteiger partial charge on any atom is -0.352 e. The number of hydrogen-bond acceptors (Lipinski definition) is 6. The van der Waals surface area contributed by atoms with Crippen molar-refractivity contribution < 1.29 is 4.79 Å². The van der Waals surface area contributed by atoms with E-state index >= 15 is 0 Å². The van der Waals surface area contributed by atoms with E-state index in [0.717, 1.165) is 35.7 Å². The van der Waals surface area contributed by atoms with Crippen molar-refractivity contribution in [3.05, 3.63) is 51.6 Å². The van der Waals surface area contributed by atoms with Crippen molar-refractivity contribution in [1.82, 2.24) is 20.2 Å². The Labute approximate surface area is 215 Å². The molecule has 8 heteroatoms. The molecule has 2 aliphatic carbocycles. The lowest BCUT2D eigenvalue weighted by Crippen LogP contribution is -2.51. The second-order valence-corrected chi connectivity index (χ2v) is 11.6. The quantitative estimate of drug-likeness (QED) is 0.517. The molecule has 6 nitrogen and oxygen atoms in total. The Balaban J connectivity index is 1.17. The number of aromatic nitrogens is 2. The molecule has 1 amide bonds. The lowest BCUT2D eigenvalue weighted by atomic mass is 9.96. The number of hydrogen-bond donors (Lipinski definition) is 1. The van der Waals surface area contributed by atoms with E-state index in [1.807, 2.05) is 40.5 Å². The highest BCUT2D eigenvalue weighted by Gasteiger charge is 2.31. The molecule has 3 heterocycles. The van der Waals surface area contributed by atoms with Crippen LogP contribution in [0.25, 0.3) is 10.2 Å². The van der Waals surface area contributed by atoms with Crippen LogP contribution in [0.15, 0.2) is 30.6 Å². The fourth-order valence-electron chi connectivity index (χ4n) is 5.97. The summed E-state index contributed by atoms with van der Waals surface area (Å²) in [4.78, 5) is 30.0. The third-order valence-electron chi connectivity index (χ3n) is 7.91. The van der Waals surface area contributed by atoms with Crippen molar-refractivity contribution in [2.45, 2.75) is 56.9 Å². The van der Waals surface area contributed by atoms with E-state index in [4.69, 9.17) is 16.6 Å². The highest BCUT2D eigenvalue weighted by Crippen LogP contribution is 2.40. The monoisotopic (exact) mass is 509 g/mol. The van der Waals surface area contributed by atoms with E-state index < -0.39 is 0 Å². The maximum Gasteiger partial charge on any atom is 0.231 e. The molecule has 2 fully saturated rings. The molecule has 1 saturated heterocycles. The number of aryl methyl sites for hydroxylation is 2. The van der Waals surface area contributed by atoms with Crippen LogP contribution in [0.4, 0.5) is 5.82 Å². The van der Waals surface area contributed by atoms with Gasteiger partial charge >= 0.3 is 0 Å². The minimum atomic E-state index is -0.190. The fourth-order valence-corrected chi connectivity index (χ4v) is 7.32. The molecule has 0 spiro atoms. The molecule has 35 heavy (non-hydrogen) atoms. The van der Waals surface area contributed by atoms with Crippen molar-refractivity contribution in [3.8, 4) is 0 Å². The number of anilines is 1. The van der Waals surface area contributed by atoms with Gasteiger partial charge in [0.2, 0.25) is 5.91 Å². The Morgan fingerprint density at radius 1 is 1.06 bits per heavy atom. The number of carbonyl (C=O) groups is 1. The Hall–Kier alpha value is -2.22. The number of carbonyl (C=O) groups excluding carboxylic acids is 1. The largest absolute Gasteiger partial charge is 0.352 e. The minimum absolute atomic E-state index is 0.190. The van der Waals surface area contributed by atoms with Crippen LogP contribution in [0, 0.1) is 0 Å². The lowest BCUT2D eigenvalue weighted by Gasteiger charge is -2.37. The summed E-state index contributed by atoms with van der Waals surface area (Å²) in [6.07, 6.45) is 10.2. The van der Waals surface area contributed by atoms with E-state index in [9.17, 15) is 4.79 Å². The molecule has 1 N–H and O–H groups in total. The van der Waals surface area contributed by atoms with Gasteiger partial charge in [0.15, 0.2) is 0 Å². The number of fused-ring (bicyclic) bond motifs is 3. The summed E-state index contributed by atoms with van der Waals surface area (Å²) in [5.74, 6) is 1.07. The van der Waals surface area contributed by atoms with Crippen LogP contribution in [0.1, 0.15) is 54.0 Å². The Morgan fingerprint density at radius 2 is 1.83 bits per heavy atom. The number of amides is 1. The molecular weight excluding hydrogens is 478 g/mol. The van der Waals surface area contributed by atoms with Crippen LogP contribution < -0.4 is 10.2 Å². The average Bonchev–Trinajstić information content (AvgIpc) is 3.63. The zero-order chi connectivity index (χ0) is 23.8. The van der Waals surface area contributed by atoms with Gasteiger partial charge in [0.25, 0.3) is 0 Å². The second kappa shape index (κ2) is 10.0. The Kier molecular flexibility index (Phi) is 6.65. The van der Waals surface area contributed by atoms with Gasteiger partial charge in [-0.15, -0.1) is 11.3 Å². The summed E-state index contributed by atoms with van der Waals surface area (Å²) < 4.78 is 0. The van der Waals surface area contributed by atoms with Crippen LogP contribution in [0.3, 0.4) is 0 Å². The second-order valence-electron chi connectivity index (χ2n) is 10.0. The standard InChI is InChI=1S/C27H32ClN5OS/c28-19-10-8-18(9-11-19)22(16-29-20-4-1-2-5-20)27(34)33-14-12-32(13-15-33)25-24-21-6-3-7-23(21)35-26(24)31-17-30-25/h8-11,17,20,22,29H,1-7,12-16H2. The number of benzene rings is 1. The molecule has 1 saturated carbocycles. The predicted molar refractivity (Wildman–Crippen MR) is 143 cm³/mol. The maximum absolute atomic E-state index is 13.8. The summed E-state index contributed by atoms with van der Waals surface area (Å²) >= 11 is 7.97. The maximum atomic E-state index is 13.8. The molecule has 3 aliphatic rings. The highest BCUT2D eigenvalue weighted by atomic mass is 35.5. The third kappa shape index (κ3) is 4.66.